The van der Waals surface area contributed by atoms with Crippen molar-refractivity contribution in [1.82, 2.24) is 4.90 Å². The van der Waals surface area contributed by atoms with E-state index in [1.165, 1.54) is 25.7 Å². The minimum absolute atomic E-state index is 0.174. The number of hydrogen-bond acceptors (Lipinski definition) is 3. The molecule has 2 atom stereocenters. The predicted octanol–water partition coefficient (Wildman–Crippen LogP) is 1.89. The third kappa shape index (κ3) is 4.81. The molecule has 1 saturated carbocycles. The molecular formula is C13H27NO2. The van der Waals surface area contributed by atoms with E-state index in [9.17, 15) is 5.11 Å². The summed E-state index contributed by atoms with van der Waals surface area (Å²) in [5.74, 6) is 0.765. The van der Waals surface area contributed by atoms with E-state index in [-0.39, 0.29) is 6.10 Å². The summed E-state index contributed by atoms with van der Waals surface area (Å²) in [7, 11) is 3.78. The Bertz CT molecular complexity index is 181. The SMILES string of the molecule is COCC(C)N(C)CC(O)CC1CCCC1. The first-order chi connectivity index (χ1) is 7.63. The van der Waals surface area contributed by atoms with Crippen molar-refractivity contribution in [1.29, 1.82) is 0 Å². The van der Waals surface area contributed by atoms with Crippen LogP contribution in [0.4, 0.5) is 0 Å². The zero-order chi connectivity index (χ0) is 12.0. The molecule has 0 aromatic carbocycles. The van der Waals surface area contributed by atoms with Crippen molar-refractivity contribution in [2.24, 2.45) is 5.92 Å². The largest absolute Gasteiger partial charge is 0.392 e. The van der Waals surface area contributed by atoms with E-state index in [0.29, 0.717) is 6.04 Å². The standard InChI is InChI=1S/C13H27NO2/c1-11(10-16-3)14(2)9-13(15)8-12-6-4-5-7-12/h11-13,15H,4-10H2,1-3H3. The van der Waals surface area contributed by atoms with Gasteiger partial charge in [0.2, 0.25) is 0 Å². The van der Waals surface area contributed by atoms with E-state index >= 15 is 0 Å². The third-order valence-corrected chi connectivity index (χ3v) is 3.74. The number of hydrogen-bond donors (Lipinski definition) is 1. The maximum Gasteiger partial charge on any atom is 0.0669 e. The van der Waals surface area contributed by atoms with Crippen molar-refractivity contribution in [3.63, 3.8) is 0 Å². The fourth-order valence-electron chi connectivity index (χ4n) is 2.59. The molecule has 0 radical (unpaired) electrons. The van der Waals surface area contributed by atoms with Gasteiger partial charge >= 0.3 is 0 Å². The Labute approximate surface area is 99.8 Å². The van der Waals surface area contributed by atoms with Gasteiger partial charge in [-0.3, -0.25) is 4.90 Å². The highest BCUT2D eigenvalue weighted by Gasteiger charge is 2.20. The van der Waals surface area contributed by atoms with E-state index in [0.717, 1.165) is 25.5 Å². The lowest BCUT2D eigenvalue weighted by atomic mass is 10.00. The zero-order valence-corrected chi connectivity index (χ0v) is 11.0. The topological polar surface area (TPSA) is 32.7 Å². The zero-order valence-electron chi connectivity index (χ0n) is 11.0. The van der Waals surface area contributed by atoms with Crippen LogP contribution in [0.2, 0.25) is 0 Å². The highest BCUT2D eigenvalue weighted by molar-refractivity contribution is 4.74. The Hall–Kier alpha value is -0.120. The first-order valence-electron chi connectivity index (χ1n) is 6.50. The smallest absolute Gasteiger partial charge is 0.0669 e. The van der Waals surface area contributed by atoms with Crippen molar-refractivity contribution >= 4 is 0 Å². The number of likely N-dealkylation sites (N-methyl/N-ethyl adjacent to an activating group) is 1. The van der Waals surface area contributed by atoms with Gasteiger partial charge in [-0.1, -0.05) is 25.7 Å². The number of nitrogens with zero attached hydrogens (tertiary/aromatic N) is 1. The second-order valence-electron chi connectivity index (χ2n) is 5.28. The van der Waals surface area contributed by atoms with Gasteiger partial charge < -0.3 is 9.84 Å². The summed E-state index contributed by atoms with van der Waals surface area (Å²) in [6.45, 7) is 3.62. The van der Waals surface area contributed by atoms with Gasteiger partial charge in [0.1, 0.15) is 0 Å². The van der Waals surface area contributed by atoms with Crippen LogP contribution in [0.1, 0.15) is 39.0 Å². The number of aliphatic hydroxyl groups is 1. The van der Waals surface area contributed by atoms with Crippen LogP contribution in [0, 0.1) is 5.92 Å². The molecule has 3 heteroatoms. The first kappa shape index (κ1) is 13.9. The van der Waals surface area contributed by atoms with Crippen LogP contribution in [0.15, 0.2) is 0 Å². The fraction of sp³-hybridized carbons (Fsp3) is 1.00. The van der Waals surface area contributed by atoms with Crippen LogP contribution in [-0.4, -0.2) is 49.5 Å². The van der Waals surface area contributed by atoms with Gasteiger partial charge in [0.05, 0.1) is 12.7 Å². The minimum Gasteiger partial charge on any atom is -0.392 e. The van der Waals surface area contributed by atoms with Gasteiger partial charge in [-0.05, 0) is 26.3 Å². The Kier molecular flexibility index (Phi) is 6.32. The van der Waals surface area contributed by atoms with Gasteiger partial charge in [-0.2, -0.15) is 0 Å². The predicted molar refractivity (Wildman–Crippen MR) is 66.5 cm³/mol. The lowest BCUT2D eigenvalue weighted by molar-refractivity contribution is 0.0601. The maximum absolute atomic E-state index is 10.0. The second kappa shape index (κ2) is 7.25. The lowest BCUT2D eigenvalue weighted by Crippen LogP contribution is -2.38. The molecule has 2 unspecified atom stereocenters. The highest BCUT2D eigenvalue weighted by Crippen LogP contribution is 2.28. The molecule has 1 aliphatic carbocycles. The molecular weight excluding hydrogens is 202 g/mol. The molecule has 0 bridgehead atoms. The molecule has 1 rings (SSSR count). The average molecular weight is 229 g/mol. The number of methoxy groups -OCH3 is 1. The Balaban J connectivity index is 2.18. The van der Waals surface area contributed by atoms with Crippen LogP contribution >= 0.6 is 0 Å². The summed E-state index contributed by atoms with van der Waals surface area (Å²) in [5.41, 5.74) is 0. The van der Waals surface area contributed by atoms with Gasteiger partial charge in [-0.25, -0.2) is 0 Å². The molecule has 1 N–H and O–H groups in total. The Morgan fingerprint density at radius 2 is 2.00 bits per heavy atom. The summed E-state index contributed by atoms with van der Waals surface area (Å²) < 4.78 is 5.12. The Morgan fingerprint density at radius 1 is 1.38 bits per heavy atom. The summed E-state index contributed by atoms with van der Waals surface area (Å²) in [5, 5.41) is 10.0. The monoisotopic (exact) mass is 229 g/mol. The molecule has 0 aromatic heterocycles. The molecule has 0 heterocycles. The number of ether oxygens (including phenoxy) is 1. The van der Waals surface area contributed by atoms with Crippen LogP contribution in [0.3, 0.4) is 0 Å². The molecule has 0 amide bonds. The van der Waals surface area contributed by atoms with Crippen LogP contribution in [-0.2, 0) is 4.74 Å². The van der Waals surface area contributed by atoms with Crippen molar-refractivity contribution in [2.45, 2.75) is 51.2 Å². The summed E-state index contributed by atoms with van der Waals surface area (Å²) in [4.78, 5) is 2.18. The molecule has 1 aliphatic rings. The van der Waals surface area contributed by atoms with Gasteiger partial charge in [0.25, 0.3) is 0 Å². The summed E-state index contributed by atoms with van der Waals surface area (Å²) in [6.07, 6.45) is 6.14. The third-order valence-electron chi connectivity index (χ3n) is 3.74. The fourth-order valence-corrected chi connectivity index (χ4v) is 2.59. The van der Waals surface area contributed by atoms with E-state index in [1.807, 2.05) is 0 Å². The van der Waals surface area contributed by atoms with E-state index < -0.39 is 0 Å². The lowest BCUT2D eigenvalue weighted by Gasteiger charge is -2.27. The van der Waals surface area contributed by atoms with Gasteiger partial charge in [0, 0.05) is 19.7 Å². The number of rotatable bonds is 7. The number of aliphatic hydroxyl groups excluding tert-OH is 1. The minimum atomic E-state index is -0.174. The van der Waals surface area contributed by atoms with Gasteiger partial charge in [0.15, 0.2) is 0 Å². The molecule has 3 nitrogen and oxygen atoms in total. The molecule has 96 valence electrons. The van der Waals surface area contributed by atoms with Crippen molar-refractivity contribution < 1.29 is 9.84 Å². The summed E-state index contributed by atoms with van der Waals surface area (Å²) in [6, 6.07) is 0.378. The van der Waals surface area contributed by atoms with Crippen molar-refractivity contribution in [2.75, 3.05) is 27.3 Å². The van der Waals surface area contributed by atoms with E-state index in [4.69, 9.17) is 4.74 Å². The maximum atomic E-state index is 10.0. The second-order valence-corrected chi connectivity index (χ2v) is 5.28. The van der Waals surface area contributed by atoms with Crippen molar-refractivity contribution in [3.05, 3.63) is 0 Å². The summed E-state index contributed by atoms with van der Waals surface area (Å²) >= 11 is 0. The average Bonchev–Trinajstić information content (AvgIpc) is 2.70. The molecule has 1 fully saturated rings. The quantitative estimate of drug-likeness (QED) is 0.723. The van der Waals surface area contributed by atoms with Crippen LogP contribution in [0.25, 0.3) is 0 Å². The normalized spacial score (nSPS) is 21.6. The van der Waals surface area contributed by atoms with E-state index in [1.54, 1.807) is 7.11 Å². The van der Waals surface area contributed by atoms with E-state index in [2.05, 4.69) is 18.9 Å². The molecule has 16 heavy (non-hydrogen) atoms. The van der Waals surface area contributed by atoms with Crippen molar-refractivity contribution in [3.8, 4) is 0 Å². The molecule has 0 aromatic rings. The molecule has 0 spiro atoms. The van der Waals surface area contributed by atoms with Gasteiger partial charge in [-0.15, -0.1) is 0 Å². The van der Waals surface area contributed by atoms with Crippen LogP contribution in [0.5, 0.6) is 0 Å². The van der Waals surface area contributed by atoms with Crippen LogP contribution < -0.4 is 0 Å². The highest BCUT2D eigenvalue weighted by atomic mass is 16.5. The first-order valence-corrected chi connectivity index (χ1v) is 6.50. The molecule has 0 aliphatic heterocycles. The Morgan fingerprint density at radius 3 is 2.56 bits per heavy atom. The molecule has 0 saturated heterocycles.